The molecule has 0 saturated carbocycles. The molecule has 1 aliphatic rings. The second-order valence-electron chi connectivity index (χ2n) is 4.38. The second kappa shape index (κ2) is 4.19. The lowest BCUT2D eigenvalue weighted by atomic mass is 10.0. The van der Waals surface area contributed by atoms with Crippen molar-refractivity contribution in [3.63, 3.8) is 0 Å². The first-order valence-electron chi connectivity index (χ1n) is 5.68. The average molecular weight is 201 g/mol. The van der Waals surface area contributed by atoms with Crippen LogP contribution in [-0.2, 0) is 0 Å². The van der Waals surface area contributed by atoms with Gasteiger partial charge in [-0.2, -0.15) is 0 Å². The van der Waals surface area contributed by atoms with Gasteiger partial charge in [0.05, 0.1) is 0 Å². The smallest absolute Gasteiger partial charge is 0.0388 e. The topological polar surface area (TPSA) is 3.24 Å². The summed E-state index contributed by atoms with van der Waals surface area (Å²) in [5.41, 5.74) is 2.80. The van der Waals surface area contributed by atoms with Crippen molar-refractivity contribution >= 4 is 0 Å². The van der Waals surface area contributed by atoms with E-state index in [-0.39, 0.29) is 0 Å². The van der Waals surface area contributed by atoms with E-state index in [0.29, 0.717) is 12.1 Å². The molecule has 2 unspecified atom stereocenters. The van der Waals surface area contributed by atoms with E-state index in [1.807, 2.05) is 0 Å². The maximum Gasteiger partial charge on any atom is 0.0388 e. The molecular formula is C14H19N. The molecule has 15 heavy (non-hydrogen) atoms. The van der Waals surface area contributed by atoms with E-state index in [0.717, 1.165) is 6.42 Å². The first-order chi connectivity index (χ1) is 7.24. The number of hydrogen-bond acceptors (Lipinski definition) is 1. The predicted octanol–water partition coefficient (Wildman–Crippen LogP) is 3.40. The molecule has 1 fully saturated rings. The Morgan fingerprint density at radius 3 is 2.53 bits per heavy atom. The number of likely N-dealkylation sites (N-methyl/N-ethyl adjacent to an activating group) is 1. The van der Waals surface area contributed by atoms with E-state index in [9.17, 15) is 0 Å². The highest BCUT2D eigenvalue weighted by atomic mass is 15.2. The SMILES string of the molecule is C=C1CC(c2ccccc2)N(C)C1CC. The van der Waals surface area contributed by atoms with Crippen molar-refractivity contribution < 1.29 is 0 Å². The maximum absolute atomic E-state index is 4.19. The molecule has 0 amide bonds. The summed E-state index contributed by atoms with van der Waals surface area (Å²) in [4.78, 5) is 2.46. The van der Waals surface area contributed by atoms with Crippen LogP contribution in [0.3, 0.4) is 0 Å². The van der Waals surface area contributed by atoms with Crippen LogP contribution in [-0.4, -0.2) is 18.0 Å². The molecule has 0 aliphatic carbocycles. The fourth-order valence-electron chi connectivity index (χ4n) is 2.64. The minimum Gasteiger partial charge on any atom is -0.292 e. The minimum atomic E-state index is 0.531. The third-order valence-electron chi connectivity index (χ3n) is 3.48. The van der Waals surface area contributed by atoms with Crippen molar-refractivity contribution in [2.75, 3.05) is 7.05 Å². The van der Waals surface area contributed by atoms with Crippen LogP contribution in [0, 0.1) is 0 Å². The number of benzene rings is 1. The van der Waals surface area contributed by atoms with E-state index >= 15 is 0 Å². The molecule has 1 saturated heterocycles. The Bertz CT molecular complexity index is 342. The number of rotatable bonds is 2. The summed E-state index contributed by atoms with van der Waals surface area (Å²) in [6.07, 6.45) is 2.28. The van der Waals surface area contributed by atoms with Gasteiger partial charge in [-0.05, 0) is 25.5 Å². The largest absolute Gasteiger partial charge is 0.292 e. The van der Waals surface area contributed by atoms with Gasteiger partial charge in [-0.25, -0.2) is 0 Å². The highest BCUT2D eigenvalue weighted by Gasteiger charge is 2.32. The van der Waals surface area contributed by atoms with Gasteiger partial charge in [0.25, 0.3) is 0 Å². The second-order valence-corrected chi connectivity index (χ2v) is 4.38. The quantitative estimate of drug-likeness (QED) is 0.663. The zero-order valence-corrected chi connectivity index (χ0v) is 9.61. The Morgan fingerprint density at radius 1 is 1.33 bits per heavy atom. The van der Waals surface area contributed by atoms with Crippen LogP contribution < -0.4 is 0 Å². The van der Waals surface area contributed by atoms with Crippen molar-refractivity contribution in [1.82, 2.24) is 4.90 Å². The van der Waals surface area contributed by atoms with Gasteiger partial charge in [-0.15, -0.1) is 0 Å². The highest BCUT2D eigenvalue weighted by Crippen LogP contribution is 2.38. The van der Waals surface area contributed by atoms with E-state index in [4.69, 9.17) is 0 Å². The summed E-state index contributed by atoms with van der Waals surface area (Å²) in [6, 6.07) is 11.8. The van der Waals surface area contributed by atoms with Gasteiger partial charge < -0.3 is 0 Å². The van der Waals surface area contributed by atoms with Crippen LogP contribution in [0.15, 0.2) is 42.5 Å². The zero-order chi connectivity index (χ0) is 10.8. The van der Waals surface area contributed by atoms with E-state index < -0.39 is 0 Å². The van der Waals surface area contributed by atoms with Gasteiger partial charge in [0.1, 0.15) is 0 Å². The summed E-state index contributed by atoms with van der Waals surface area (Å²) in [5.74, 6) is 0. The van der Waals surface area contributed by atoms with Gasteiger partial charge >= 0.3 is 0 Å². The molecule has 1 nitrogen and oxygen atoms in total. The van der Waals surface area contributed by atoms with Gasteiger partial charge in [0.15, 0.2) is 0 Å². The van der Waals surface area contributed by atoms with Gasteiger partial charge in [0.2, 0.25) is 0 Å². The molecule has 0 bridgehead atoms. The summed E-state index contributed by atoms with van der Waals surface area (Å²) < 4.78 is 0. The Labute approximate surface area is 92.4 Å². The van der Waals surface area contributed by atoms with Gasteiger partial charge in [-0.3, -0.25) is 4.90 Å². The molecule has 1 aliphatic heterocycles. The van der Waals surface area contributed by atoms with Gasteiger partial charge in [-0.1, -0.05) is 49.4 Å². The van der Waals surface area contributed by atoms with Crippen LogP contribution in [0.5, 0.6) is 0 Å². The zero-order valence-electron chi connectivity index (χ0n) is 9.61. The molecule has 0 spiro atoms. The first-order valence-corrected chi connectivity index (χ1v) is 5.68. The summed E-state index contributed by atoms with van der Waals surface area (Å²) in [7, 11) is 2.21. The van der Waals surface area contributed by atoms with Crippen LogP contribution in [0.2, 0.25) is 0 Å². The number of hydrogen-bond donors (Lipinski definition) is 0. The highest BCUT2D eigenvalue weighted by molar-refractivity contribution is 5.26. The molecule has 1 aromatic rings. The van der Waals surface area contributed by atoms with Crippen LogP contribution in [0.1, 0.15) is 31.4 Å². The summed E-state index contributed by atoms with van der Waals surface area (Å²) >= 11 is 0. The maximum atomic E-state index is 4.19. The third-order valence-corrected chi connectivity index (χ3v) is 3.48. The van der Waals surface area contributed by atoms with E-state index in [1.165, 1.54) is 17.6 Å². The molecule has 1 aromatic carbocycles. The Hall–Kier alpha value is -1.08. The van der Waals surface area contributed by atoms with Crippen molar-refractivity contribution in [3.8, 4) is 0 Å². The van der Waals surface area contributed by atoms with Crippen LogP contribution in [0.25, 0.3) is 0 Å². The van der Waals surface area contributed by atoms with E-state index in [2.05, 4.69) is 55.8 Å². The molecule has 2 atom stereocenters. The van der Waals surface area contributed by atoms with Crippen molar-refractivity contribution in [2.24, 2.45) is 0 Å². The standard InChI is InChI=1S/C14H19N/c1-4-13-11(2)10-14(15(13)3)12-8-6-5-7-9-12/h5-9,13-14H,2,4,10H2,1,3H3. The first kappa shape index (κ1) is 10.4. The lowest BCUT2D eigenvalue weighted by molar-refractivity contribution is 0.247. The molecule has 0 N–H and O–H groups in total. The number of nitrogens with zero attached hydrogens (tertiary/aromatic N) is 1. The molecule has 80 valence electrons. The predicted molar refractivity (Wildman–Crippen MR) is 64.8 cm³/mol. The molecule has 0 aromatic heterocycles. The lowest BCUT2D eigenvalue weighted by Gasteiger charge is -2.24. The third kappa shape index (κ3) is 1.84. The fraction of sp³-hybridized carbons (Fsp3) is 0.429. The molecule has 2 rings (SSSR count). The summed E-state index contributed by atoms with van der Waals surface area (Å²) in [5, 5.41) is 0. The molecular weight excluding hydrogens is 182 g/mol. The number of likely N-dealkylation sites (tertiary alicyclic amines) is 1. The minimum absolute atomic E-state index is 0.531. The van der Waals surface area contributed by atoms with Crippen molar-refractivity contribution in [1.29, 1.82) is 0 Å². The van der Waals surface area contributed by atoms with Crippen molar-refractivity contribution in [2.45, 2.75) is 31.8 Å². The monoisotopic (exact) mass is 201 g/mol. The average Bonchev–Trinajstić information content (AvgIpc) is 2.55. The Kier molecular flexibility index (Phi) is 2.92. The van der Waals surface area contributed by atoms with Crippen LogP contribution >= 0.6 is 0 Å². The molecule has 0 radical (unpaired) electrons. The normalized spacial score (nSPS) is 27.2. The van der Waals surface area contributed by atoms with Crippen molar-refractivity contribution in [3.05, 3.63) is 48.0 Å². The lowest BCUT2D eigenvalue weighted by Crippen LogP contribution is -2.27. The van der Waals surface area contributed by atoms with E-state index in [1.54, 1.807) is 0 Å². The fourth-order valence-corrected chi connectivity index (χ4v) is 2.64. The summed E-state index contributed by atoms with van der Waals surface area (Å²) in [6.45, 7) is 6.43. The van der Waals surface area contributed by atoms with Crippen LogP contribution in [0.4, 0.5) is 0 Å². The Morgan fingerprint density at radius 2 is 2.00 bits per heavy atom. The molecule has 1 heterocycles. The van der Waals surface area contributed by atoms with Gasteiger partial charge in [0, 0.05) is 12.1 Å². The molecule has 1 heteroatoms. The Balaban J connectivity index is 2.23.